The molecule has 1 aromatic rings. The quantitative estimate of drug-likeness (QED) is 0.649. The molecule has 0 radical (unpaired) electrons. The Bertz CT molecular complexity index is 269. The Balaban J connectivity index is 2.34. The van der Waals surface area contributed by atoms with Gasteiger partial charge in [-0.1, -0.05) is 0 Å². The molecule has 2 rings (SSSR count). The summed E-state index contributed by atoms with van der Waals surface area (Å²) < 4.78 is 3.34. The zero-order chi connectivity index (χ0) is 7.84. The summed E-state index contributed by atoms with van der Waals surface area (Å²) in [7, 11) is 2.13. The topological polar surface area (TPSA) is 21.1 Å². The summed E-state index contributed by atoms with van der Waals surface area (Å²) >= 11 is 2.26. The van der Waals surface area contributed by atoms with Crippen LogP contribution in [0.5, 0.6) is 0 Å². The molecule has 0 fully saturated rings. The van der Waals surface area contributed by atoms with E-state index < -0.39 is 0 Å². The molecule has 0 aliphatic carbocycles. The Labute approximate surface area is 79.5 Å². The number of rotatable bonds is 0. The van der Waals surface area contributed by atoms with Gasteiger partial charge in [-0.15, -0.1) is 0 Å². The number of aromatic nitrogens is 2. The first-order chi connectivity index (χ1) is 5.25. The summed E-state index contributed by atoms with van der Waals surface area (Å²) in [6, 6.07) is 0. The van der Waals surface area contributed by atoms with E-state index in [-0.39, 0.29) is 0 Å². The highest BCUT2D eigenvalue weighted by Gasteiger charge is 2.13. The third-order valence-corrected chi connectivity index (χ3v) is 2.48. The number of imidazole rings is 1. The molecule has 3 nitrogen and oxygen atoms in total. The Hall–Kier alpha value is -0.100. The average Bonchev–Trinajstić information content (AvgIpc) is 2.27. The van der Waals surface area contributed by atoms with Gasteiger partial charge in [-0.2, -0.15) is 0 Å². The predicted molar refractivity (Wildman–Crippen MR) is 51.3 cm³/mol. The van der Waals surface area contributed by atoms with Crippen molar-refractivity contribution in [3.63, 3.8) is 0 Å². The zero-order valence-corrected chi connectivity index (χ0v) is 8.58. The first kappa shape index (κ1) is 7.54. The van der Waals surface area contributed by atoms with Gasteiger partial charge < -0.3 is 4.57 Å². The molecule has 1 aromatic heterocycles. The van der Waals surface area contributed by atoms with Gasteiger partial charge in [-0.3, -0.25) is 4.90 Å². The second-order valence-electron chi connectivity index (χ2n) is 2.91. The van der Waals surface area contributed by atoms with E-state index in [0.29, 0.717) is 0 Å². The summed E-state index contributed by atoms with van der Waals surface area (Å²) in [6.07, 6.45) is 2.11. The van der Waals surface area contributed by atoms with Crippen LogP contribution < -0.4 is 0 Å². The highest BCUT2D eigenvalue weighted by Crippen LogP contribution is 2.11. The molecule has 0 unspecified atom stereocenters. The minimum Gasteiger partial charge on any atom is -0.331 e. The van der Waals surface area contributed by atoms with E-state index in [1.54, 1.807) is 0 Å². The molecule has 0 amide bonds. The largest absolute Gasteiger partial charge is 0.331 e. The van der Waals surface area contributed by atoms with Gasteiger partial charge in [0.15, 0.2) is 0 Å². The van der Waals surface area contributed by atoms with Crippen LogP contribution in [0.2, 0.25) is 0 Å². The number of hydrogen-bond donors (Lipinski definition) is 0. The highest BCUT2D eigenvalue weighted by atomic mass is 127. The van der Waals surface area contributed by atoms with Gasteiger partial charge in [-0.05, 0) is 29.6 Å². The maximum atomic E-state index is 4.41. The maximum Gasteiger partial charge on any atom is 0.124 e. The average molecular weight is 263 g/mol. The number of hydrogen-bond acceptors (Lipinski definition) is 2. The van der Waals surface area contributed by atoms with E-state index in [0.717, 1.165) is 23.3 Å². The molecule has 0 spiro atoms. The van der Waals surface area contributed by atoms with Crippen LogP contribution in [0.15, 0.2) is 6.20 Å². The lowest BCUT2D eigenvalue weighted by Gasteiger charge is -2.22. The van der Waals surface area contributed by atoms with Crippen LogP contribution in [0.3, 0.4) is 0 Å². The van der Waals surface area contributed by atoms with Crippen LogP contribution in [0.1, 0.15) is 5.82 Å². The summed E-state index contributed by atoms with van der Waals surface area (Å²) in [5.41, 5.74) is 0. The molecule has 0 saturated carbocycles. The molecule has 60 valence electrons. The van der Waals surface area contributed by atoms with Crippen LogP contribution >= 0.6 is 22.6 Å². The number of halogens is 1. The minimum absolute atomic E-state index is 0.989. The molecule has 0 atom stereocenters. The summed E-state index contributed by atoms with van der Waals surface area (Å²) in [5.74, 6) is 1.20. The monoisotopic (exact) mass is 263 g/mol. The SMILES string of the molecule is CN1CCn2cc(I)nc2C1. The lowest BCUT2D eigenvalue weighted by Crippen LogP contribution is -2.30. The van der Waals surface area contributed by atoms with Crippen LogP contribution in [-0.2, 0) is 13.1 Å². The highest BCUT2D eigenvalue weighted by molar-refractivity contribution is 14.1. The van der Waals surface area contributed by atoms with Crippen LogP contribution in [-0.4, -0.2) is 28.0 Å². The molecule has 2 heterocycles. The number of likely N-dealkylation sites (N-methyl/N-ethyl adjacent to an activating group) is 1. The second-order valence-corrected chi connectivity index (χ2v) is 4.02. The van der Waals surface area contributed by atoms with E-state index in [1.165, 1.54) is 5.82 Å². The Morgan fingerprint density at radius 3 is 3.18 bits per heavy atom. The standard InChI is InChI=1S/C7H10IN3/c1-10-2-3-11-4-6(8)9-7(11)5-10/h4H,2-3,5H2,1H3. The number of nitrogens with zero attached hydrogens (tertiary/aromatic N) is 3. The van der Waals surface area contributed by atoms with Gasteiger partial charge in [0.05, 0.1) is 6.54 Å². The van der Waals surface area contributed by atoms with Gasteiger partial charge in [0, 0.05) is 19.3 Å². The van der Waals surface area contributed by atoms with E-state index in [4.69, 9.17) is 0 Å². The Kier molecular flexibility index (Phi) is 1.88. The van der Waals surface area contributed by atoms with E-state index in [9.17, 15) is 0 Å². The minimum atomic E-state index is 0.989. The summed E-state index contributed by atoms with van der Waals surface area (Å²) in [5, 5.41) is 0. The molecule has 1 aliphatic rings. The Morgan fingerprint density at radius 1 is 1.55 bits per heavy atom. The normalized spacial score (nSPS) is 18.4. The van der Waals surface area contributed by atoms with Gasteiger partial charge in [0.2, 0.25) is 0 Å². The van der Waals surface area contributed by atoms with Crippen molar-refractivity contribution in [2.75, 3.05) is 13.6 Å². The van der Waals surface area contributed by atoms with Gasteiger partial charge in [0.1, 0.15) is 9.53 Å². The maximum absolute atomic E-state index is 4.41. The van der Waals surface area contributed by atoms with Crippen molar-refractivity contribution in [1.29, 1.82) is 0 Å². The molecule has 4 heteroatoms. The fourth-order valence-electron chi connectivity index (χ4n) is 1.34. The van der Waals surface area contributed by atoms with Crippen molar-refractivity contribution in [2.45, 2.75) is 13.1 Å². The van der Waals surface area contributed by atoms with E-state index in [2.05, 4.69) is 50.3 Å². The molecule has 0 N–H and O–H groups in total. The molecule has 1 aliphatic heterocycles. The summed E-state index contributed by atoms with van der Waals surface area (Å²) in [6.45, 7) is 3.21. The first-order valence-corrected chi connectivity index (χ1v) is 4.73. The second kappa shape index (κ2) is 2.75. The van der Waals surface area contributed by atoms with Crippen molar-refractivity contribution < 1.29 is 0 Å². The molecule has 0 saturated heterocycles. The molecule has 0 aromatic carbocycles. The van der Waals surface area contributed by atoms with Crippen LogP contribution in [0.25, 0.3) is 0 Å². The van der Waals surface area contributed by atoms with E-state index >= 15 is 0 Å². The van der Waals surface area contributed by atoms with Crippen molar-refractivity contribution in [3.05, 3.63) is 15.7 Å². The van der Waals surface area contributed by atoms with Crippen molar-refractivity contribution in [3.8, 4) is 0 Å². The molecule has 11 heavy (non-hydrogen) atoms. The zero-order valence-electron chi connectivity index (χ0n) is 6.42. The lowest BCUT2D eigenvalue weighted by atomic mass is 10.4. The molecular formula is C7H10IN3. The lowest BCUT2D eigenvalue weighted by molar-refractivity contribution is 0.264. The fraction of sp³-hybridized carbons (Fsp3) is 0.571. The summed E-state index contributed by atoms with van der Waals surface area (Å²) in [4.78, 5) is 6.70. The van der Waals surface area contributed by atoms with Gasteiger partial charge in [-0.25, -0.2) is 4.98 Å². The first-order valence-electron chi connectivity index (χ1n) is 3.66. The Morgan fingerprint density at radius 2 is 2.36 bits per heavy atom. The molecular weight excluding hydrogens is 253 g/mol. The number of fused-ring (bicyclic) bond motifs is 1. The molecule has 0 bridgehead atoms. The van der Waals surface area contributed by atoms with Gasteiger partial charge >= 0.3 is 0 Å². The smallest absolute Gasteiger partial charge is 0.124 e. The van der Waals surface area contributed by atoms with Crippen LogP contribution in [0, 0.1) is 3.70 Å². The van der Waals surface area contributed by atoms with Gasteiger partial charge in [0.25, 0.3) is 0 Å². The van der Waals surface area contributed by atoms with Crippen molar-refractivity contribution in [1.82, 2.24) is 14.5 Å². The third kappa shape index (κ3) is 1.41. The fourth-order valence-corrected chi connectivity index (χ4v) is 1.95. The van der Waals surface area contributed by atoms with Crippen molar-refractivity contribution in [2.24, 2.45) is 0 Å². The third-order valence-electron chi connectivity index (χ3n) is 1.96. The van der Waals surface area contributed by atoms with E-state index in [1.807, 2.05) is 0 Å². The van der Waals surface area contributed by atoms with Crippen molar-refractivity contribution >= 4 is 22.6 Å². The predicted octanol–water partition coefficient (Wildman–Crippen LogP) is 0.933. The van der Waals surface area contributed by atoms with Crippen LogP contribution in [0.4, 0.5) is 0 Å².